The topological polar surface area (TPSA) is 52.8 Å². The summed E-state index contributed by atoms with van der Waals surface area (Å²) >= 11 is -2.40. The Hall–Kier alpha value is -3.58. The number of para-hydroxylation sites is 1. The van der Waals surface area contributed by atoms with Crippen molar-refractivity contribution in [1.82, 2.24) is 19.5 Å². The minimum absolute atomic E-state index is 0. The van der Waals surface area contributed by atoms with Gasteiger partial charge < -0.3 is 0 Å². The van der Waals surface area contributed by atoms with Crippen molar-refractivity contribution in [1.29, 1.82) is 0 Å². The SMILES string of the molecule is CC(C)(C)c1cc(-c2[c-]c3c(c([Si](C)(C)C)c2)c2ccccc2n3-c2[c-]c3c(cc2)Oc2cccc4n[c]([Ge]([CH3])([CH3])[CH3])nc-3c24)nc(C(C)(C)C)c1.[Pt+2]. The number of hydrogen-bond acceptors (Lipinski definition) is 4. The molecule has 0 aliphatic carbocycles. The molecule has 272 valence electrons. The molecule has 1 aliphatic rings. The van der Waals surface area contributed by atoms with Crippen LogP contribution in [0.25, 0.3) is 60.9 Å². The average Bonchev–Trinajstić information content (AvgIpc) is 3.40. The van der Waals surface area contributed by atoms with Gasteiger partial charge in [0.05, 0.1) is 0 Å². The number of rotatable bonds is 4. The second-order valence-electron chi connectivity index (χ2n) is 18.5. The maximum atomic E-state index is 6.52. The number of fused-ring (bicyclic) bond motifs is 5. The molecule has 0 N–H and O–H groups in total. The molecule has 0 atom stereocenters. The van der Waals surface area contributed by atoms with E-state index in [0.717, 1.165) is 72.0 Å². The molecule has 7 aromatic rings. The van der Waals surface area contributed by atoms with Crippen molar-refractivity contribution in [2.75, 3.05) is 0 Å². The van der Waals surface area contributed by atoms with Crippen LogP contribution in [-0.4, -0.2) is 40.9 Å². The Morgan fingerprint density at radius 2 is 1.47 bits per heavy atom. The standard InChI is InChI=1S/C45H48GeN4OSi.Pt/c1-44(2,3)28-24-33(47-39(25-28)45(4,5)6)27-22-35-40(38(23-27)52(10,11)12)30-16-13-14-18-34(30)50(35)29-20-21-36-31(26-29)42-41-32(17-15-19-37(41)51-36)48-43(49-42)46(7,8)9;/h13-21,23-25H,1-12H3;/q-2;+2. The Kier molecular flexibility index (Phi) is 9.07. The molecule has 0 spiro atoms. The van der Waals surface area contributed by atoms with Crippen molar-refractivity contribution in [2.45, 2.75) is 89.3 Å². The first-order valence-electron chi connectivity index (χ1n) is 18.4. The maximum absolute atomic E-state index is 6.52. The molecule has 3 aromatic heterocycles. The van der Waals surface area contributed by atoms with Crippen LogP contribution in [0.1, 0.15) is 52.8 Å². The Morgan fingerprint density at radius 1 is 0.736 bits per heavy atom. The summed E-state index contributed by atoms with van der Waals surface area (Å²) in [4.78, 5) is 15.7. The monoisotopic (exact) mass is 957 g/mol. The molecule has 0 saturated heterocycles. The van der Waals surface area contributed by atoms with Gasteiger partial charge in [-0.25, -0.2) is 0 Å². The van der Waals surface area contributed by atoms with E-state index in [1.807, 2.05) is 12.1 Å². The molecule has 0 radical (unpaired) electrons. The second-order valence-corrected chi connectivity index (χ2v) is 33.9. The predicted octanol–water partition coefficient (Wildman–Crippen LogP) is 10.8. The van der Waals surface area contributed by atoms with Crippen LogP contribution < -0.4 is 14.6 Å². The van der Waals surface area contributed by atoms with Crippen LogP contribution in [0, 0.1) is 12.1 Å². The van der Waals surface area contributed by atoms with E-state index < -0.39 is 21.3 Å². The molecular formula is C45H48GeN4OPtSi. The first-order valence-corrected chi connectivity index (χ1v) is 29.2. The second kappa shape index (κ2) is 12.7. The molecule has 53 heavy (non-hydrogen) atoms. The fourth-order valence-corrected chi connectivity index (χ4v) is 10.7. The number of pyridine rings is 1. The zero-order chi connectivity index (χ0) is 37.1. The first kappa shape index (κ1) is 37.7. The van der Waals surface area contributed by atoms with Gasteiger partial charge >= 0.3 is 265 Å². The molecule has 0 amide bonds. The van der Waals surface area contributed by atoms with E-state index in [4.69, 9.17) is 19.7 Å². The summed E-state index contributed by atoms with van der Waals surface area (Å²) in [5.41, 5.74) is 10.1. The molecule has 0 bridgehead atoms. The summed E-state index contributed by atoms with van der Waals surface area (Å²) in [5, 5.41) is 4.85. The van der Waals surface area contributed by atoms with Crippen LogP contribution in [0.5, 0.6) is 11.5 Å². The third-order valence-electron chi connectivity index (χ3n) is 10.2. The zero-order valence-corrected chi connectivity index (χ0v) is 38.3. The van der Waals surface area contributed by atoms with Gasteiger partial charge in [0.25, 0.3) is 0 Å². The Balaban J connectivity index is 0.00000435. The van der Waals surface area contributed by atoms with Gasteiger partial charge in [-0.05, 0) is 17.0 Å². The van der Waals surface area contributed by atoms with Crippen LogP contribution in [0.2, 0.25) is 36.9 Å². The van der Waals surface area contributed by atoms with Gasteiger partial charge in [0.15, 0.2) is 0 Å². The molecule has 4 aromatic carbocycles. The van der Waals surface area contributed by atoms with E-state index in [9.17, 15) is 0 Å². The van der Waals surface area contributed by atoms with Crippen LogP contribution >= 0.6 is 0 Å². The molecule has 8 rings (SSSR count). The van der Waals surface area contributed by atoms with Crippen LogP contribution in [-0.2, 0) is 31.9 Å². The van der Waals surface area contributed by atoms with Gasteiger partial charge in [-0.3, -0.25) is 0 Å². The zero-order valence-electron chi connectivity index (χ0n) is 32.9. The third-order valence-corrected chi connectivity index (χ3v) is 15.5. The van der Waals surface area contributed by atoms with Gasteiger partial charge in [0.1, 0.15) is 0 Å². The molecule has 5 nitrogen and oxygen atoms in total. The summed E-state index contributed by atoms with van der Waals surface area (Å²) in [5.74, 6) is 8.59. The number of nitrogens with zero attached hydrogens (tertiary/aromatic N) is 4. The molecular weight excluding hydrogens is 908 g/mol. The molecule has 1 aliphatic heterocycles. The van der Waals surface area contributed by atoms with Gasteiger partial charge in [0.2, 0.25) is 0 Å². The molecule has 0 fully saturated rings. The van der Waals surface area contributed by atoms with E-state index in [1.165, 1.54) is 21.5 Å². The quantitative estimate of drug-likeness (QED) is 0.130. The van der Waals surface area contributed by atoms with Gasteiger partial charge in [-0.2, -0.15) is 0 Å². The summed E-state index contributed by atoms with van der Waals surface area (Å²) in [7, 11) is -1.89. The summed E-state index contributed by atoms with van der Waals surface area (Å²) in [6.45, 7) is 20.9. The van der Waals surface area contributed by atoms with Crippen molar-refractivity contribution in [3.63, 3.8) is 0 Å². The molecule has 0 saturated carbocycles. The smallest absolute Gasteiger partial charge is 0.0546 e. The van der Waals surface area contributed by atoms with Crippen molar-refractivity contribution in [2.24, 2.45) is 0 Å². The van der Waals surface area contributed by atoms with Crippen molar-refractivity contribution in [3.8, 4) is 39.7 Å². The van der Waals surface area contributed by atoms with Gasteiger partial charge in [-0.1, -0.05) is 41.5 Å². The van der Waals surface area contributed by atoms with E-state index >= 15 is 0 Å². The minimum atomic E-state index is -2.40. The normalized spacial score (nSPS) is 13.3. The number of aromatic nitrogens is 4. The van der Waals surface area contributed by atoms with Crippen LogP contribution in [0.3, 0.4) is 0 Å². The number of benzene rings is 4. The summed E-state index contributed by atoms with van der Waals surface area (Å²) < 4.78 is 9.86. The van der Waals surface area contributed by atoms with E-state index in [0.29, 0.717) is 0 Å². The third kappa shape index (κ3) is 6.53. The Labute approximate surface area is 332 Å². The van der Waals surface area contributed by atoms with E-state index in [2.05, 4.69) is 156 Å². The average molecular weight is 957 g/mol. The molecule has 8 heteroatoms. The van der Waals surface area contributed by atoms with Crippen molar-refractivity contribution < 1.29 is 25.8 Å². The first-order chi connectivity index (χ1) is 24.3. The predicted molar refractivity (Wildman–Crippen MR) is 224 cm³/mol. The fraction of sp³-hybridized carbons (Fsp3) is 0.311. The summed E-state index contributed by atoms with van der Waals surface area (Å²) in [6, 6.07) is 33.9. The Morgan fingerprint density at radius 3 is 2.15 bits per heavy atom. The van der Waals surface area contributed by atoms with Crippen LogP contribution in [0.4, 0.5) is 0 Å². The molecule has 4 heterocycles. The minimum Gasteiger partial charge on any atom is -0.0546 e. The van der Waals surface area contributed by atoms with Gasteiger partial charge in [-0.15, -0.1) is 0 Å². The fourth-order valence-electron chi connectivity index (χ4n) is 7.21. The van der Waals surface area contributed by atoms with E-state index in [1.54, 1.807) is 0 Å². The van der Waals surface area contributed by atoms with Gasteiger partial charge in [0, 0.05) is 11.1 Å². The Bertz CT molecular complexity index is 2570. The van der Waals surface area contributed by atoms with Crippen LogP contribution in [0.15, 0.2) is 72.8 Å². The number of ether oxygens (including phenoxy) is 1. The van der Waals surface area contributed by atoms with Crippen molar-refractivity contribution in [3.05, 3.63) is 96.2 Å². The summed E-state index contributed by atoms with van der Waals surface area (Å²) in [6.07, 6.45) is 0. The van der Waals surface area contributed by atoms with E-state index in [-0.39, 0.29) is 31.9 Å². The van der Waals surface area contributed by atoms with Crippen molar-refractivity contribution >= 4 is 63.9 Å². The molecule has 0 unspecified atom stereocenters. The number of hydrogen-bond donors (Lipinski definition) is 0.